The van der Waals surface area contributed by atoms with Crippen LogP contribution in [0.5, 0.6) is 0 Å². The molecule has 0 spiro atoms. The lowest BCUT2D eigenvalue weighted by Gasteiger charge is -2.10. The van der Waals surface area contributed by atoms with Crippen LogP contribution in [-0.4, -0.2) is 9.13 Å². The van der Waals surface area contributed by atoms with E-state index < -0.39 is 18.1 Å². The van der Waals surface area contributed by atoms with Crippen molar-refractivity contribution in [3.8, 4) is 33.6 Å². The molecule has 0 aliphatic rings. The van der Waals surface area contributed by atoms with Crippen LogP contribution >= 0.6 is 0 Å². The molecule has 0 N–H and O–H groups in total. The molecule has 3 nitrogen and oxygen atoms in total. The van der Waals surface area contributed by atoms with Crippen molar-refractivity contribution >= 4 is 65.6 Å². The van der Waals surface area contributed by atoms with Gasteiger partial charge in [0.05, 0.1) is 37.1 Å². The molecule has 0 saturated heterocycles. The fraction of sp³-hybridized carbons (Fsp3) is 0. The quantitative estimate of drug-likeness (QED) is 0.184. The molecular formula is C48H30N2O. The van der Waals surface area contributed by atoms with Gasteiger partial charge < -0.3 is 13.6 Å². The summed E-state index contributed by atoms with van der Waals surface area (Å²) in [5.41, 5.74) is 4.50. The van der Waals surface area contributed by atoms with Crippen molar-refractivity contribution in [2.75, 3.05) is 0 Å². The van der Waals surface area contributed by atoms with Crippen LogP contribution in [0.15, 0.2) is 186 Å². The van der Waals surface area contributed by atoms with Crippen molar-refractivity contribution in [3.05, 3.63) is 182 Å². The van der Waals surface area contributed by atoms with Gasteiger partial charge >= 0.3 is 0 Å². The van der Waals surface area contributed by atoms with Crippen LogP contribution in [0.1, 0.15) is 15.1 Å². The minimum absolute atomic E-state index is 0.0337. The van der Waals surface area contributed by atoms with Gasteiger partial charge in [0.2, 0.25) is 0 Å². The maximum Gasteiger partial charge on any atom is 0.136 e. The van der Waals surface area contributed by atoms with Crippen molar-refractivity contribution in [2.24, 2.45) is 0 Å². The molecule has 3 aromatic heterocycles. The standard InChI is InChI=1S/C48H30N2O/c1-3-12-31(13-4-1)36-18-11-21-47-48(36)41-30-35(24-27-46(41)51-47)50-43-20-10-8-17-38(43)40-29-33(23-26-45(40)50)32-22-25-44-39(28-32)37-16-7-9-19-42(37)49(44)34-14-5-2-6-15-34/h1-30H/i1D,3D,4D,12D,13D,22D,23D,25D,26D,28D,29D. The van der Waals surface area contributed by atoms with Gasteiger partial charge in [-0.3, -0.25) is 0 Å². The van der Waals surface area contributed by atoms with Gasteiger partial charge in [-0.15, -0.1) is 0 Å². The number of furan rings is 1. The van der Waals surface area contributed by atoms with E-state index in [0.29, 0.717) is 65.8 Å². The fourth-order valence-corrected chi connectivity index (χ4v) is 7.44. The largest absolute Gasteiger partial charge is 0.456 e. The van der Waals surface area contributed by atoms with E-state index in [1.165, 1.54) is 0 Å². The first-order valence-corrected chi connectivity index (χ1v) is 16.5. The molecule has 3 heteroatoms. The molecule has 51 heavy (non-hydrogen) atoms. The van der Waals surface area contributed by atoms with E-state index in [0.717, 1.165) is 11.2 Å². The predicted octanol–water partition coefficient (Wildman–Crippen LogP) is 13.1. The monoisotopic (exact) mass is 661 g/mol. The van der Waals surface area contributed by atoms with Crippen LogP contribution in [-0.2, 0) is 0 Å². The number of fused-ring (bicyclic) bond motifs is 9. The molecule has 11 aromatic rings. The minimum Gasteiger partial charge on any atom is -0.456 e. The number of nitrogens with zero attached hydrogens (tertiary/aromatic N) is 2. The Morgan fingerprint density at radius 2 is 1.04 bits per heavy atom. The zero-order valence-corrected chi connectivity index (χ0v) is 26.8. The first-order valence-electron chi connectivity index (χ1n) is 22.0. The molecule has 8 aromatic carbocycles. The van der Waals surface area contributed by atoms with Crippen molar-refractivity contribution in [2.45, 2.75) is 0 Å². The Hall–Kier alpha value is -6.84. The lowest BCUT2D eigenvalue weighted by Crippen LogP contribution is -1.93. The lowest BCUT2D eigenvalue weighted by atomic mass is 9.99. The second-order valence-corrected chi connectivity index (χ2v) is 12.4. The van der Waals surface area contributed by atoms with Gasteiger partial charge in [-0.05, 0) is 95.0 Å². The topological polar surface area (TPSA) is 23.0 Å². The van der Waals surface area contributed by atoms with Gasteiger partial charge in [-0.2, -0.15) is 0 Å². The normalized spacial score (nSPS) is 14.9. The lowest BCUT2D eigenvalue weighted by molar-refractivity contribution is 0.669. The van der Waals surface area contributed by atoms with Crippen LogP contribution in [0.3, 0.4) is 0 Å². The Morgan fingerprint density at radius 1 is 0.412 bits per heavy atom. The molecule has 0 amide bonds. The van der Waals surface area contributed by atoms with Crippen molar-refractivity contribution in [3.63, 3.8) is 0 Å². The molecule has 11 rings (SSSR count). The first kappa shape index (κ1) is 19.4. The molecule has 0 aliphatic heterocycles. The number of rotatable bonds is 4. The predicted molar refractivity (Wildman–Crippen MR) is 213 cm³/mol. The van der Waals surface area contributed by atoms with Crippen LogP contribution in [0.2, 0.25) is 0 Å². The Labute approximate surface area is 309 Å². The van der Waals surface area contributed by atoms with E-state index in [1.807, 2.05) is 89.5 Å². The highest BCUT2D eigenvalue weighted by Gasteiger charge is 2.18. The van der Waals surface area contributed by atoms with E-state index in [-0.39, 0.29) is 70.5 Å². The van der Waals surface area contributed by atoms with Gasteiger partial charge in [-0.1, -0.05) is 109 Å². The van der Waals surface area contributed by atoms with Crippen LogP contribution in [0.25, 0.3) is 99.2 Å². The van der Waals surface area contributed by atoms with Gasteiger partial charge in [0.1, 0.15) is 11.2 Å². The Kier molecular flexibility index (Phi) is 4.11. The zero-order valence-electron chi connectivity index (χ0n) is 37.8. The second-order valence-electron chi connectivity index (χ2n) is 12.4. The molecule has 0 fully saturated rings. The highest BCUT2D eigenvalue weighted by Crippen LogP contribution is 2.41. The Morgan fingerprint density at radius 3 is 1.73 bits per heavy atom. The van der Waals surface area contributed by atoms with Crippen molar-refractivity contribution in [1.82, 2.24) is 9.13 Å². The fourth-order valence-electron chi connectivity index (χ4n) is 7.44. The van der Waals surface area contributed by atoms with Gasteiger partial charge in [0.15, 0.2) is 0 Å². The number of benzene rings is 8. The average molecular weight is 662 g/mol. The number of para-hydroxylation sites is 3. The third-order valence-corrected chi connectivity index (χ3v) is 9.63. The summed E-state index contributed by atoms with van der Waals surface area (Å²) >= 11 is 0. The maximum atomic E-state index is 9.83. The SMILES string of the molecule is [2H]c1c([2H])c([2H])c(-c2cccc3oc4ccc(-n5c6ccccc6c6c([2H])c(-c7c([2H])c([2H])c8c(c7[2H])c7ccccc7n8-c7ccccc7)c([2H])c([2H])c65)cc4c23)c([2H])c1[2H]. The number of hydrogen-bond acceptors (Lipinski definition) is 1. The highest BCUT2D eigenvalue weighted by molar-refractivity contribution is 6.15. The van der Waals surface area contributed by atoms with E-state index in [2.05, 4.69) is 0 Å². The average Bonchev–Trinajstić information content (AvgIpc) is 3.96. The summed E-state index contributed by atoms with van der Waals surface area (Å²) in [6.07, 6.45) is 0. The van der Waals surface area contributed by atoms with E-state index in [4.69, 9.17) is 11.3 Å². The van der Waals surface area contributed by atoms with Crippen LogP contribution in [0, 0.1) is 0 Å². The van der Waals surface area contributed by atoms with E-state index in [1.54, 1.807) is 34.9 Å². The smallest absolute Gasteiger partial charge is 0.136 e. The summed E-state index contributed by atoms with van der Waals surface area (Å²) in [6.45, 7) is 0. The summed E-state index contributed by atoms with van der Waals surface area (Å²) in [5.74, 6) is 0. The molecular weight excluding hydrogens is 621 g/mol. The van der Waals surface area contributed by atoms with Crippen LogP contribution < -0.4 is 0 Å². The summed E-state index contributed by atoms with van der Waals surface area (Å²) in [4.78, 5) is 0. The van der Waals surface area contributed by atoms with Gasteiger partial charge in [0.25, 0.3) is 0 Å². The Balaban J connectivity index is 1.20. The number of aromatic nitrogens is 2. The molecule has 0 unspecified atom stereocenters. The Bertz CT molecular complexity index is 3750. The van der Waals surface area contributed by atoms with Gasteiger partial charge in [0, 0.05) is 43.7 Å². The molecule has 0 saturated carbocycles. The third kappa shape index (κ3) is 4.19. The molecule has 3 heterocycles. The molecule has 0 bridgehead atoms. The second kappa shape index (κ2) is 10.8. The number of hydrogen-bond donors (Lipinski definition) is 0. The van der Waals surface area contributed by atoms with Gasteiger partial charge in [-0.25, -0.2) is 0 Å². The molecule has 238 valence electrons. The van der Waals surface area contributed by atoms with E-state index in [9.17, 15) is 8.22 Å². The first-order chi connectivity index (χ1) is 29.9. The minimum atomic E-state index is -0.493. The molecule has 0 atom stereocenters. The summed E-state index contributed by atoms with van der Waals surface area (Å²) in [5, 5.41) is 3.15. The van der Waals surface area contributed by atoms with Crippen LogP contribution in [0.4, 0.5) is 0 Å². The summed E-state index contributed by atoms with van der Waals surface area (Å²) < 4.78 is 110. The molecule has 0 aliphatic carbocycles. The summed E-state index contributed by atoms with van der Waals surface area (Å²) in [7, 11) is 0. The highest BCUT2D eigenvalue weighted by atomic mass is 16.3. The third-order valence-electron chi connectivity index (χ3n) is 9.63. The van der Waals surface area contributed by atoms with Crippen molar-refractivity contribution < 1.29 is 19.5 Å². The maximum absolute atomic E-state index is 9.83. The summed E-state index contributed by atoms with van der Waals surface area (Å²) in [6, 6.07) is 31.4. The zero-order chi connectivity index (χ0) is 43.0. The van der Waals surface area contributed by atoms with Crippen molar-refractivity contribution in [1.29, 1.82) is 0 Å². The van der Waals surface area contributed by atoms with E-state index >= 15 is 0 Å². The molecule has 0 radical (unpaired) electrons.